The lowest BCUT2D eigenvalue weighted by atomic mass is 10.2. The molecule has 2 fully saturated rings. The number of nitrogens with zero attached hydrogens (tertiary/aromatic N) is 4. The molecule has 2 saturated heterocycles. The number of anilines is 1. The molecule has 1 N–H and O–H groups in total. The van der Waals surface area contributed by atoms with Crippen molar-refractivity contribution in [3.05, 3.63) is 36.0 Å². The number of amides is 1. The highest BCUT2D eigenvalue weighted by molar-refractivity contribution is 7.89. The minimum absolute atomic E-state index is 0.0164. The van der Waals surface area contributed by atoms with Crippen molar-refractivity contribution in [2.75, 3.05) is 75.9 Å². The summed E-state index contributed by atoms with van der Waals surface area (Å²) in [4.78, 5) is 14.8. The van der Waals surface area contributed by atoms with Crippen molar-refractivity contribution in [2.24, 2.45) is 0 Å². The van der Waals surface area contributed by atoms with Crippen molar-refractivity contribution in [3.8, 4) is 0 Å². The number of aromatic nitrogens is 1. The van der Waals surface area contributed by atoms with E-state index in [-0.39, 0.29) is 18.2 Å². The quantitative estimate of drug-likeness (QED) is 0.541. The summed E-state index contributed by atoms with van der Waals surface area (Å²) in [6, 6.07) is 7.42. The van der Waals surface area contributed by atoms with Crippen LogP contribution in [-0.2, 0) is 24.8 Å². The molecule has 0 unspecified atom stereocenters. The van der Waals surface area contributed by atoms with E-state index in [2.05, 4.69) is 10.2 Å². The minimum atomic E-state index is -3.44. The fourth-order valence-electron chi connectivity index (χ4n) is 4.08. The summed E-state index contributed by atoms with van der Waals surface area (Å²) in [5, 5.41) is 2.70. The van der Waals surface area contributed by atoms with E-state index in [9.17, 15) is 21.6 Å². The van der Waals surface area contributed by atoms with E-state index >= 15 is 0 Å². The molecule has 182 valence electrons. The van der Waals surface area contributed by atoms with E-state index in [0.717, 1.165) is 11.3 Å². The number of rotatable bonds is 7. The first kappa shape index (κ1) is 24.0. The largest absolute Gasteiger partial charge is 0.379 e. The maximum Gasteiger partial charge on any atom is 0.252 e. The van der Waals surface area contributed by atoms with Crippen LogP contribution in [0.5, 0.6) is 0 Å². The van der Waals surface area contributed by atoms with E-state index in [0.29, 0.717) is 58.0 Å². The molecule has 2 aromatic rings. The van der Waals surface area contributed by atoms with Crippen LogP contribution >= 0.6 is 0 Å². The van der Waals surface area contributed by atoms with Gasteiger partial charge in [-0.2, -0.15) is 8.61 Å². The zero-order valence-electron chi connectivity index (χ0n) is 18.5. The molecular weight excluding hydrogens is 470 g/mol. The summed E-state index contributed by atoms with van der Waals surface area (Å²) in [5.74, 6) is 0.360. The van der Waals surface area contributed by atoms with Crippen LogP contribution in [0.2, 0.25) is 0 Å². The summed E-state index contributed by atoms with van der Waals surface area (Å²) in [6.45, 7) is 3.37. The van der Waals surface area contributed by atoms with Gasteiger partial charge in [-0.25, -0.2) is 16.8 Å². The number of hydrogen-bond acceptors (Lipinski definition) is 7. The molecule has 0 atom stereocenters. The number of piperazine rings is 1. The number of ether oxygens (including phenoxy) is 1. The number of morpholine rings is 1. The fourth-order valence-corrected chi connectivity index (χ4v) is 6.23. The normalized spacial score (nSPS) is 19.1. The van der Waals surface area contributed by atoms with E-state index in [1.165, 1.54) is 14.9 Å². The maximum atomic E-state index is 12.7. The summed E-state index contributed by atoms with van der Waals surface area (Å²) in [7, 11) is -6.65. The molecular formula is C20H29N5O6S2. The van der Waals surface area contributed by atoms with E-state index in [1.807, 2.05) is 22.6 Å². The van der Waals surface area contributed by atoms with Gasteiger partial charge < -0.3 is 19.4 Å². The Kier molecular flexibility index (Phi) is 6.96. The van der Waals surface area contributed by atoms with Crippen molar-refractivity contribution >= 4 is 37.3 Å². The Morgan fingerprint density at radius 3 is 2.27 bits per heavy atom. The Hall–Kier alpha value is -2.19. The molecule has 2 aliphatic heterocycles. The minimum Gasteiger partial charge on any atom is -0.379 e. The topological polar surface area (TPSA) is 121 Å². The third-order valence-corrected chi connectivity index (χ3v) is 9.11. The fraction of sp³-hybridized carbons (Fsp3) is 0.550. The number of nitrogens with one attached hydrogen (secondary N) is 1. The SMILES string of the molecule is CS(=O)(=O)N1CCN(c2ccc3ccc(C(=O)NCCS(=O)(=O)N4CCOCC4)cn23)CC1. The Labute approximate surface area is 194 Å². The van der Waals surface area contributed by atoms with Crippen LogP contribution in [0.1, 0.15) is 10.4 Å². The number of carbonyl (C=O) groups excluding carboxylic acids is 1. The molecule has 0 saturated carbocycles. The molecule has 1 amide bonds. The van der Waals surface area contributed by atoms with Crippen LogP contribution in [-0.4, -0.2) is 107 Å². The first-order valence-electron chi connectivity index (χ1n) is 10.8. The predicted molar refractivity (Wildman–Crippen MR) is 125 cm³/mol. The van der Waals surface area contributed by atoms with Crippen molar-refractivity contribution in [3.63, 3.8) is 0 Å². The Balaban J connectivity index is 1.40. The first-order valence-corrected chi connectivity index (χ1v) is 14.3. The highest BCUT2D eigenvalue weighted by atomic mass is 32.2. The summed E-state index contributed by atoms with van der Waals surface area (Å²) < 4.78 is 58.3. The number of hydrogen-bond donors (Lipinski definition) is 1. The Bertz CT molecular complexity index is 1210. The van der Waals surface area contributed by atoms with Gasteiger partial charge in [0, 0.05) is 57.5 Å². The average molecular weight is 500 g/mol. The van der Waals surface area contributed by atoms with Gasteiger partial charge in [-0.1, -0.05) is 0 Å². The summed E-state index contributed by atoms with van der Waals surface area (Å²) in [5.41, 5.74) is 1.32. The van der Waals surface area contributed by atoms with Gasteiger partial charge in [0.1, 0.15) is 5.82 Å². The monoisotopic (exact) mass is 499 g/mol. The maximum absolute atomic E-state index is 12.7. The highest BCUT2D eigenvalue weighted by Crippen LogP contribution is 2.22. The number of fused-ring (bicyclic) bond motifs is 1. The molecule has 13 heteroatoms. The van der Waals surface area contributed by atoms with Crippen LogP contribution in [0.25, 0.3) is 5.52 Å². The van der Waals surface area contributed by atoms with E-state index < -0.39 is 20.0 Å². The van der Waals surface area contributed by atoms with Gasteiger partial charge in [0.05, 0.1) is 30.8 Å². The molecule has 0 bridgehead atoms. The van der Waals surface area contributed by atoms with Gasteiger partial charge in [0.2, 0.25) is 20.0 Å². The van der Waals surface area contributed by atoms with Crippen molar-refractivity contribution in [1.29, 1.82) is 0 Å². The van der Waals surface area contributed by atoms with Gasteiger partial charge >= 0.3 is 0 Å². The third kappa shape index (κ3) is 5.49. The Morgan fingerprint density at radius 1 is 0.939 bits per heavy atom. The van der Waals surface area contributed by atoms with E-state index in [1.54, 1.807) is 12.3 Å². The molecule has 11 nitrogen and oxygen atoms in total. The zero-order valence-corrected chi connectivity index (χ0v) is 20.1. The number of carbonyl (C=O) groups is 1. The van der Waals surface area contributed by atoms with Gasteiger partial charge in [-0.05, 0) is 24.3 Å². The molecule has 2 aliphatic rings. The van der Waals surface area contributed by atoms with Crippen LogP contribution in [0, 0.1) is 0 Å². The molecule has 0 spiro atoms. The second kappa shape index (κ2) is 9.58. The molecule has 4 rings (SSSR count). The van der Waals surface area contributed by atoms with Gasteiger partial charge in [-0.15, -0.1) is 0 Å². The second-order valence-corrected chi connectivity index (χ2v) is 12.2. The smallest absolute Gasteiger partial charge is 0.252 e. The molecule has 0 aliphatic carbocycles. The lowest BCUT2D eigenvalue weighted by Crippen LogP contribution is -2.48. The van der Waals surface area contributed by atoms with E-state index in [4.69, 9.17) is 4.74 Å². The lowest BCUT2D eigenvalue weighted by molar-refractivity contribution is 0.0730. The van der Waals surface area contributed by atoms with Gasteiger partial charge in [0.25, 0.3) is 5.91 Å². The first-order chi connectivity index (χ1) is 15.6. The second-order valence-electron chi connectivity index (χ2n) is 8.14. The summed E-state index contributed by atoms with van der Waals surface area (Å²) in [6.07, 6.45) is 2.94. The highest BCUT2D eigenvalue weighted by Gasteiger charge is 2.26. The standard InChI is InChI=1S/C20H29N5O6S2/c1-32(27,28)23-9-7-22(8-10-23)19-5-4-18-3-2-17(16-25(18)19)20(26)21-6-15-33(29,30)24-11-13-31-14-12-24/h2-5,16H,6-15H2,1H3,(H,21,26). The molecule has 33 heavy (non-hydrogen) atoms. The predicted octanol–water partition coefficient (Wildman–Crippen LogP) is -0.587. The summed E-state index contributed by atoms with van der Waals surface area (Å²) >= 11 is 0. The third-order valence-electron chi connectivity index (χ3n) is 5.93. The van der Waals surface area contributed by atoms with Crippen LogP contribution in [0.15, 0.2) is 30.5 Å². The molecule has 2 aromatic heterocycles. The van der Waals surface area contributed by atoms with Crippen molar-refractivity contribution in [1.82, 2.24) is 18.3 Å². The van der Waals surface area contributed by atoms with Crippen molar-refractivity contribution in [2.45, 2.75) is 0 Å². The van der Waals surface area contributed by atoms with Crippen molar-refractivity contribution < 1.29 is 26.4 Å². The molecule has 4 heterocycles. The van der Waals surface area contributed by atoms with Gasteiger partial charge in [0.15, 0.2) is 0 Å². The number of sulfonamides is 2. The van der Waals surface area contributed by atoms with Crippen LogP contribution in [0.4, 0.5) is 5.82 Å². The number of pyridine rings is 1. The average Bonchev–Trinajstić information content (AvgIpc) is 3.22. The lowest BCUT2D eigenvalue weighted by Gasteiger charge is -2.34. The molecule has 0 radical (unpaired) electrons. The molecule has 0 aromatic carbocycles. The van der Waals surface area contributed by atoms with Crippen LogP contribution < -0.4 is 10.2 Å². The Morgan fingerprint density at radius 2 is 1.61 bits per heavy atom. The van der Waals surface area contributed by atoms with Crippen LogP contribution in [0.3, 0.4) is 0 Å². The zero-order chi connectivity index (χ0) is 23.6. The van der Waals surface area contributed by atoms with Gasteiger partial charge in [-0.3, -0.25) is 4.79 Å².